The summed E-state index contributed by atoms with van der Waals surface area (Å²) in [7, 11) is 0. The van der Waals surface area contributed by atoms with Crippen LogP contribution in [0.4, 0.5) is 13.2 Å². The molecule has 252 valence electrons. The molecule has 5 rings (SSSR count). The van der Waals surface area contributed by atoms with Crippen molar-refractivity contribution in [2.75, 3.05) is 6.61 Å². The fourth-order valence-electron chi connectivity index (χ4n) is 5.41. The van der Waals surface area contributed by atoms with Crippen molar-refractivity contribution >= 4 is 17.7 Å². The number of carbonyl (C=O) groups excluding carboxylic acids is 3. The van der Waals surface area contributed by atoms with E-state index in [4.69, 9.17) is 14.0 Å². The molecule has 0 aliphatic heterocycles. The molecular formula is C38H32F3NO7. The van der Waals surface area contributed by atoms with Crippen LogP contribution in [0.3, 0.4) is 0 Å². The summed E-state index contributed by atoms with van der Waals surface area (Å²) in [4.78, 5) is 40.5. The van der Waals surface area contributed by atoms with Gasteiger partial charge in [0.2, 0.25) is 5.60 Å². The molecule has 1 heterocycles. The third-order valence-electron chi connectivity index (χ3n) is 8.12. The SMILES string of the molecule is CCOC(=O)C(Cc1noc(-c2ccc(C(F)(F)F)cc2)c1C)C(=O)c1ccc(OC(=O)C(O)(c2ccccc2)c2ccccc2)c(C)c1. The highest BCUT2D eigenvalue weighted by Crippen LogP contribution is 2.35. The summed E-state index contributed by atoms with van der Waals surface area (Å²) in [5.74, 6) is -3.39. The molecule has 8 nitrogen and oxygen atoms in total. The number of aliphatic hydroxyl groups is 1. The number of hydrogen-bond donors (Lipinski definition) is 1. The van der Waals surface area contributed by atoms with E-state index in [9.17, 15) is 32.7 Å². The number of carbonyl (C=O) groups is 3. The first-order valence-corrected chi connectivity index (χ1v) is 15.3. The summed E-state index contributed by atoms with van der Waals surface area (Å²) in [5, 5.41) is 15.8. The van der Waals surface area contributed by atoms with Crippen molar-refractivity contribution in [3.8, 4) is 17.1 Å². The van der Waals surface area contributed by atoms with Gasteiger partial charge in [0.05, 0.1) is 17.9 Å². The predicted octanol–water partition coefficient (Wildman–Crippen LogP) is 7.42. The quantitative estimate of drug-likeness (QED) is 0.0668. The van der Waals surface area contributed by atoms with Crippen molar-refractivity contribution in [1.82, 2.24) is 5.16 Å². The minimum absolute atomic E-state index is 0.0108. The Labute approximate surface area is 280 Å². The van der Waals surface area contributed by atoms with Crippen LogP contribution in [-0.2, 0) is 32.5 Å². The fourth-order valence-corrected chi connectivity index (χ4v) is 5.41. The van der Waals surface area contributed by atoms with Crippen molar-refractivity contribution < 1.29 is 46.7 Å². The van der Waals surface area contributed by atoms with Gasteiger partial charge in [-0.05, 0) is 67.8 Å². The van der Waals surface area contributed by atoms with E-state index in [-0.39, 0.29) is 35.8 Å². The number of rotatable bonds is 11. The van der Waals surface area contributed by atoms with E-state index < -0.39 is 41.0 Å². The zero-order chi connectivity index (χ0) is 35.3. The van der Waals surface area contributed by atoms with Gasteiger partial charge in [-0.15, -0.1) is 0 Å². The second kappa shape index (κ2) is 14.3. The molecule has 1 aromatic heterocycles. The van der Waals surface area contributed by atoms with Crippen LogP contribution in [0.5, 0.6) is 5.75 Å². The lowest BCUT2D eigenvalue weighted by Crippen LogP contribution is -2.40. The van der Waals surface area contributed by atoms with E-state index in [2.05, 4.69) is 5.16 Å². The van der Waals surface area contributed by atoms with Crippen LogP contribution in [0.15, 0.2) is 108 Å². The standard InChI is InChI=1S/C38H32F3NO7/c1-4-47-35(44)30(22-31-24(3)34(49-42-31)25-15-18-29(19-16-25)38(39,40)41)33(43)26-17-20-32(23(2)21-26)48-36(45)37(46,27-11-7-5-8-12-27)28-13-9-6-10-14-28/h5-21,30,46H,4,22H2,1-3H3. The average Bonchev–Trinajstić information content (AvgIpc) is 3.47. The second-order valence-corrected chi connectivity index (χ2v) is 11.3. The van der Waals surface area contributed by atoms with Gasteiger partial charge in [0.15, 0.2) is 11.5 Å². The Morgan fingerprint density at radius 3 is 1.96 bits per heavy atom. The number of halogens is 3. The van der Waals surface area contributed by atoms with Gasteiger partial charge in [0.1, 0.15) is 11.7 Å². The monoisotopic (exact) mass is 671 g/mol. The average molecular weight is 672 g/mol. The molecule has 0 fully saturated rings. The highest BCUT2D eigenvalue weighted by molar-refractivity contribution is 6.09. The first-order valence-electron chi connectivity index (χ1n) is 15.3. The number of ketones is 1. The van der Waals surface area contributed by atoms with E-state index >= 15 is 0 Å². The van der Waals surface area contributed by atoms with E-state index in [1.54, 1.807) is 81.4 Å². The number of Topliss-reactive ketones (excluding diaryl/α,β-unsaturated/α-hetero) is 1. The molecule has 49 heavy (non-hydrogen) atoms. The summed E-state index contributed by atoms with van der Waals surface area (Å²) < 4.78 is 55.5. The third kappa shape index (κ3) is 7.31. The Hall–Kier alpha value is -5.55. The summed E-state index contributed by atoms with van der Waals surface area (Å²) in [6.45, 7) is 4.85. The Kier molecular flexibility index (Phi) is 10.1. The van der Waals surface area contributed by atoms with Crippen LogP contribution < -0.4 is 4.74 Å². The molecule has 0 amide bonds. The molecule has 0 spiro atoms. The predicted molar refractivity (Wildman–Crippen MR) is 173 cm³/mol. The molecule has 1 N–H and O–H groups in total. The van der Waals surface area contributed by atoms with Gasteiger partial charge in [-0.1, -0.05) is 78.0 Å². The van der Waals surface area contributed by atoms with Gasteiger partial charge in [-0.25, -0.2) is 4.79 Å². The largest absolute Gasteiger partial charge is 0.465 e. The second-order valence-electron chi connectivity index (χ2n) is 11.3. The topological polar surface area (TPSA) is 116 Å². The Morgan fingerprint density at radius 1 is 0.837 bits per heavy atom. The van der Waals surface area contributed by atoms with Crippen molar-refractivity contribution in [2.45, 2.75) is 39.0 Å². The maximum absolute atomic E-state index is 13.8. The number of nitrogens with zero attached hydrogens (tertiary/aromatic N) is 1. The molecule has 5 aromatic rings. The normalized spacial score (nSPS) is 12.3. The smallest absolute Gasteiger partial charge is 0.416 e. The van der Waals surface area contributed by atoms with E-state index in [1.165, 1.54) is 30.3 Å². The molecule has 11 heteroatoms. The van der Waals surface area contributed by atoms with Crippen LogP contribution in [0.2, 0.25) is 0 Å². The zero-order valence-corrected chi connectivity index (χ0v) is 26.8. The number of benzene rings is 4. The molecule has 4 aromatic carbocycles. The van der Waals surface area contributed by atoms with Gasteiger partial charge in [0.25, 0.3) is 0 Å². The minimum atomic E-state index is -4.50. The van der Waals surface area contributed by atoms with Crippen LogP contribution >= 0.6 is 0 Å². The van der Waals surface area contributed by atoms with E-state index in [0.717, 1.165) is 12.1 Å². The van der Waals surface area contributed by atoms with Crippen molar-refractivity contribution in [3.05, 3.63) is 142 Å². The number of alkyl halides is 3. The molecular weight excluding hydrogens is 639 g/mol. The summed E-state index contributed by atoms with van der Waals surface area (Å²) in [5.41, 5.74) is -0.790. The Morgan fingerprint density at radius 2 is 1.43 bits per heavy atom. The van der Waals surface area contributed by atoms with Crippen LogP contribution in [0.1, 0.15) is 50.8 Å². The summed E-state index contributed by atoms with van der Waals surface area (Å²) >= 11 is 0. The van der Waals surface area contributed by atoms with Gasteiger partial charge in [-0.3, -0.25) is 9.59 Å². The Bertz CT molecular complexity index is 1910. The first-order chi connectivity index (χ1) is 23.3. The molecule has 0 radical (unpaired) electrons. The molecule has 0 saturated heterocycles. The summed E-state index contributed by atoms with van der Waals surface area (Å²) in [6, 6.07) is 25.4. The van der Waals surface area contributed by atoms with Crippen molar-refractivity contribution in [1.29, 1.82) is 0 Å². The lowest BCUT2D eigenvalue weighted by atomic mass is 9.86. The zero-order valence-electron chi connectivity index (χ0n) is 26.8. The maximum Gasteiger partial charge on any atom is 0.416 e. The highest BCUT2D eigenvalue weighted by atomic mass is 19.4. The highest BCUT2D eigenvalue weighted by Gasteiger charge is 2.42. The maximum atomic E-state index is 13.8. The summed E-state index contributed by atoms with van der Waals surface area (Å²) in [6.07, 6.45) is -4.70. The molecule has 1 atom stereocenters. The lowest BCUT2D eigenvalue weighted by molar-refractivity contribution is -0.152. The van der Waals surface area contributed by atoms with E-state index in [1.807, 2.05) is 0 Å². The molecule has 0 aliphatic rings. The number of esters is 2. The molecule has 0 aliphatic carbocycles. The number of hydrogen-bond acceptors (Lipinski definition) is 8. The third-order valence-corrected chi connectivity index (χ3v) is 8.12. The first kappa shape index (κ1) is 34.8. The van der Waals surface area contributed by atoms with Crippen molar-refractivity contribution in [3.63, 3.8) is 0 Å². The fraction of sp³-hybridized carbons (Fsp3) is 0.211. The molecule has 0 saturated carbocycles. The van der Waals surface area contributed by atoms with Gasteiger partial charge in [-0.2, -0.15) is 13.2 Å². The van der Waals surface area contributed by atoms with E-state index in [0.29, 0.717) is 27.8 Å². The molecule has 0 bridgehead atoms. The number of aromatic nitrogens is 1. The van der Waals surface area contributed by atoms with Crippen LogP contribution in [0, 0.1) is 19.8 Å². The minimum Gasteiger partial charge on any atom is -0.465 e. The van der Waals surface area contributed by atoms with Gasteiger partial charge >= 0.3 is 18.1 Å². The van der Waals surface area contributed by atoms with Crippen LogP contribution in [0.25, 0.3) is 11.3 Å². The van der Waals surface area contributed by atoms with Gasteiger partial charge < -0.3 is 19.1 Å². The van der Waals surface area contributed by atoms with Gasteiger partial charge in [0, 0.05) is 23.1 Å². The van der Waals surface area contributed by atoms with Crippen LogP contribution in [-0.4, -0.2) is 34.6 Å². The lowest BCUT2D eigenvalue weighted by Gasteiger charge is -2.27. The molecule has 1 unspecified atom stereocenters. The Balaban J connectivity index is 1.39. The number of ether oxygens (including phenoxy) is 2. The van der Waals surface area contributed by atoms with Crippen molar-refractivity contribution in [2.24, 2.45) is 5.92 Å². The number of aryl methyl sites for hydroxylation is 1.